The second kappa shape index (κ2) is 11.7. The number of halogens is 2. The average Bonchev–Trinajstić information content (AvgIpc) is 3.05. The van der Waals surface area contributed by atoms with Crippen LogP contribution in [0, 0.1) is 21.8 Å². The summed E-state index contributed by atoms with van der Waals surface area (Å²) in [5, 5.41) is 13.0. The van der Waals surface area contributed by atoms with Crippen LogP contribution in [0.5, 0.6) is 5.75 Å². The van der Waals surface area contributed by atoms with Crippen LogP contribution < -0.4 is 9.61 Å². The summed E-state index contributed by atoms with van der Waals surface area (Å²) in [4.78, 5) is 14.9. The topological polar surface area (TPSA) is 124 Å². The maximum atomic E-state index is 16.0. The largest absolute Gasteiger partial charge is 0.462 e. The lowest BCUT2D eigenvalue weighted by Gasteiger charge is -2.28. The molecule has 2 unspecified atom stereocenters. The van der Waals surface area contributed by atoms with Crippen molar-refractivity contribution in [2.45, 2.75) is 56.8 Å². The highest BCUT2D eigenvalue weighted by Crippen LogP contribution is 2.51. The molecule has 1 saturated heterocycles. The van der Waals surface area contributed by atoms with Crippen molar-refractivity contribution in [3.05, 3.63) is 52.0 Å². The number of H-pyrrole nitrogens is 1. The molecule has 10 nitrogen and oxygen atoms in total. The number of aromatic nitrogens is 2. The molecule has 1 aliphatic heterocycles. The van der Waals surface area contributed by atoms with E-state index in [1.165, 1.54) is 31.3 Å². The van der Waals surface area contributed by atoms with E-state index in [9.17, 15) is 14.5 Å². The molecule has 15 heteroatoms. The van der Waals surface area contributed by atoms with Crippen LogP contribution in [0.4, 0.5) is 8.78 Å². The second-order valence-electron chi connectivity index (χ2n) is 8.60. The number of aromatic amines is 1. The van der Waals surface area contributed by atoms with Crippen LogP contribution in [0.15, 0.2) is 42.6 Å². The van der Waals surface area contributed by atoms with Gasteiger partial charge in [0, 0.05) is 6.20 Å². The second-order valence-corrected chi connectivity index (χ2v) is 11.1. The molecule has 0 aliphatic carbocycles. The molecule has 3 rings (SSSR count). The normalized spacial score (nSPS) is 27.3. The number of esters is 1. The molecular weight excluding hydrogens is 563 g/mol. The van der Waals surface area contributed by atoms with Crippen molar-refractivity contribution >= 4 is 38.2 Å². The lowest BCUT2D eigenvalue weighted by molar-refractivity contribution is -0.203. The quantitative estimate of drug-likeness (QED) is 0.160. The number of carbonyl (C=O) groups is 1. The van der Waals surface area contributed by atoms with Gasteiger partial charge in [-0.15, -0.1) is 6.42 Å². The van der Waals surface area contributed by atoms with Crippen LogP contribution in [-0.4, -0.2) is 57.0 Å². The molecule has 6 atom stereocenters. The van der Waals surface area contributed by atoms with Gasteiger partial charge in [-0.25, -0.2) is 13.3 Å². The van der Waals surface area contributed by atoms with Gasteiger partial charge < -0.3 is 24.1 Å². The summed E-state index contributed by atoms with van der Waals surface area (Å²) in [5.74, 6) is -2.36. The van der Waals surface area contributed by atoms with E-state index in [4.69, 9.17) is 49.4 Å². The monoisotopic (exact) mass is 589 g/mol. The molecule has 0 radical (unpaired) electrons. The van der Waals surface area contributed by atoms with Gasteiger partial charge in [0.1, 0.15) is 23.0 Å². The first kappa shape index (κ1) is 30.0. The van der Waals surface area contributed by atoms with Gasteiger partial charge in [-0.2, -0.15) is 5.09 Å². The van der Waals surface area contributed by atoms with Crippen LogP contribution in [0.1, 0.15) is 27.0 Å². The van der Waals surface area contributed by atoms with Crippen molar-refractivity contribution in [3.8, 4) is 18.1 Å². The zero-order chi connectivity index (χ0) is 28.3. The summed E-state index contributed by atoms with van der Waals surface area (Å²) in [7, 11) is -4.58. The smallest absolute Gasteiger partial charge is 0.459 e. The van der Waals surface area contributed by atoms with Crippen molar-refractivity contribution in [3.63, 3.8) is 0 Å². The molecular formula is C23H26F2N3O7PS2. The zero-order valence-electron chi connectivity index (χ0n) is 20.5. The molecule has 206 valence electrons. The molecule has 0 amide bonds. The van der Waals surface area contributed by atoms with Crippen molar-refractivity contribution in [2.75, 3.05) is 6.61 Å². The minimum absolute atomic E-state index is 0.0424. The lowest BCUT2D eigenvalue weighted by Crippen LogP contribution is -2.48. The number of para-hydroxylation sites is 1. The number of nitrogens with one attached hydrogen (secondary N) is 2. The van der Waals surface area contributed by atoms with E-state index in [1.54, 1.807) is 38.0 Å². The fourth-order valence-corrected chi connectivity index (χ4v) is 5.42. The first-order chi connectivity index (χ1) is 17.7. The van der Waals surface area contributed by atoms with Crippen LogP contribution >= 0.6 is 32.2 Å². The molecule has 3 N–H and O–H groups in total. The number of terminal acetylenes is 1. The molecule has 1 aliphatic rings. The van der Waals surface area contributed by atoms with Crippen LogP contribution in [-0.2, 0) is 23.4 Å². The van der Waals surface area contributed by atoms with Crippen molar-refractivity contribution in [1.82, 2.24) is 14.6 Å². The number of hydrogen-bond acceptors (Lipinski definition) is 9. The Labute approximate surface area is 227 Å². The molecule has 1 fully saturated rings. The van der Waals surface area contributed by atoms with Crippen molar-refractivity contribution in [1.29, 1.82) is 0 Å². The number of ether oxygens (including phenoxy) is 2. The van der Waals surface area contributed by atoms with E-state index in [2.05, 4.69) is 10.1 Å². The Bertz CT molecular complexity index is 1370. The van der Waals surface area contributed by atoms with Crippen molar-refractivity contribution < 1.29 is 41.8 Å². The third-order valence-corrected chi connectivity index (χ3v) is 7.43. The Morgan fingerprint density at radius 1 is 1.32 bits per heavy atom. The SMILES string of the molecule is C#C[C@@]1(F)C(O)[C@@](F)(COP(=O)(N[C@@H](C)C(=O)OC(C)C)Oc2ccccc2)O[C@H]1n1ccc(=S)[nH]c1=S. The molecule has 0 saturated carbocycles. The number of benzene rings is 1. The number of rotatable bonds is 10. The predicted molar refractivity (Wildman–Crippen MR) is 138 cm³/mol. The molecule has 1 aromatic heterocycles. The van der Waals surface area contributed by atoms with E-state index in [0.29, 0.717) is 0 Å². The fraction of sp³-hybridized carbons (Fsp3) is 0.435. The Morgan fingerprint density at radius 2 is 1.97 bits per heavy atom. The molecule has 2 aromatic rings. The van der Waals surface area contributed by atoms with E-state index in [-0.39, 0.29) is 15.2 Å². The molecule has 0 bridgehead atoms. The Balaban J connectivity index is 1.90. The summed E-state index contributed by atoms with van der Waals surface area (Å²) in [6, 6.07) is 7.76. The van der Waals surface area contributed by atoms with Gasteiger partial charge in [-0.3, -0.25) is 13.9 Å². The minimum Gasteiger partial charge on any atom is -0.462 e. The number of nitrogens with zero attached hydrogens (tertiary/aromatic N) is 1. The number of alkyl halides is 2. The summed E-state index contributed by atoms with van der Waals surface area (Å²) < 4.78 is 67.3. The Hall–Kier alpha value is -2.50. The molecule has 0 spiro atoms. The summed E-state index contributed by atoms with van der Waals surface area (Å²) in [6.07, 6.45) is 1.50. The molecule has 1 aromatic carbocycles. The van der Waals surface area contributed by atoms with E-state index in [1.807, 2.05) is 0 Å². The number of aliphatic hydroxyl groups is 1. The van der Waals surface area contributed by atoms with Gasteiger partial charge >= 0.3 is 13.7 Å². The first-order valence-corrected chi connectivity index (χ1v) is 13.6. The highest BCUT2D eigenvalue weighted by atomic mass is 32.1. The first-order valence-electron chi connectivity index (χ1n) is 11.2. The van der Waals surface area contributed by atoms with Crippen LogP contribution in [0.25, 0.3) is 0 Å². The zero-order valence-corrected chi connectivity index (χ0v) is 23.0. The highest BCUT2D eigenvalue weighted by Gasteiger charge is 2.67. The maximum absolute atomic E-state index is 16.0. The summed E-state index contributed by atoms with van der Waals surface area (Å²) >= 11 is 10.1. The molecule has 2 heterocycles. The third kappa shape index (κ3) is 6.55. The fourth-order valence-electron chi connectivity index (χ4n) is 3.43. The highest BCUT2D eigenvalue weighted by molar-refractivity contribution is 7.72. The average molecular weight is 590 g/mol. The maximum Gasteiger partial charge on any atom is 0.459 e. The van der Waals surface area contributed by atoms with Gasteiger partial charge in [0.15, 0.2) is 17.1 Å². The third-order valence-electron chi connectivity index (χ3n) is 5.26. The van der Waals surface area contributed by atoms with E-state index < -0.39 is 56.3 Å². The van der Waals surface area contributed by atoms with E-state index in [0.717, 1.165) is 4.57 Å². The number of carbonyl (C=O) groups excluding carboxylic acids is 1. The van der Waals surface area contributed by atoms with Crippen LogP contribution in [0.3, 0.4) is 0 Å². The van der Waals surface area contributed by atoms with Gasteiger partial charge in [-0.1, -0.05) is 36.3 Å². The standard InChI is InChI=1S/C23H26F2N3O7PS2/c1-5-22(24)19(30)23(25,34-20(22)28-12-11-17(37)26-21(28)38)13-32-36(31,35-16-9-7-6-8-10-16)27-15(4)18(29)33-14(2)3/h1,6-12,14-15,19-20,30H,13H2,2-4H3,(H,27,31)(H,26,37,38)/t15-,19?,20+,22+,23+,36?/m0/s1. The van der Waals surface area contributed by atoms with Crippen LogP contribution in [0.2, 0.25) is 0 Å². The Kier molecular flexibility index (Phi) is 9.26. The van der Waals surface area contributed by atoms with Gasteiger partial charge in [0.25, 0.3) is 5.85 Å². The van der Waals surface area contributed by atoms with Crippen molar-refractivity contribution in [2.24, 2.45) is 0 Å². The predicted octanol–water partition coefficient (Wildman–Crippen LogP) is 4.31. The Morgan fingerprint density at radius 3 is 2.55 bits per heavy atom. The molecule has 38 heavy (non-hydrogen) atoms. The van der Waals surface area contributed by atoms with Gasteiger partial charge in [0.05, 0.1) is 6.10 Å². The number of aliphatic hydroxyl groups excluding tert-OH is 1. The van der Waals surface area contributed by atoms with Gasteiger partial charge in [-0.05, 0) is 51.2 Å². The number of hydrogen-bond donors (Lipinski definition) is 3. The lowest BCUT2D eigenvalue weighted by atomic mass is 9.96. The summed E-state index contributed by atoms with van der Waals surface area (Å²) in [6.45, 7) is 3.23. The summed E-state index contributed by atoms with van der Waals surface area (Å²) in [5.41, 5.74) is -3.13. The van der Waals surface area contributed by atoms with Gasteiger partial charge in [0.2, 0.25) is 5.67 Å². The minimum atomic E-state index is -4.58. The van der Waals surface area contributed by atoms with E-state index >= 15 is 8.78 Å².